The van der Waals surface area contributed by atoms with Crippen molar-refractivity contribution in [3.8, 4) is 40.1 Å². The Morgan fingerprint density at radius 1 is 0.659 bits per heavy atom. The molecule has 2 saturated heterocycles. The van der Waals surface area contributed by atoms with Crippen LogP contribution in [0, 0.1) is 0 Å². The summed E-state index contributed by atoms with van der Waals surface area (Å²) in [6.45, 7) is -1.57. The Balaban J connectivity index is 1.60. The van der Waals surface area contributed by atoms with Gasteiger partial charge in [0, 0.05) is 23.8 Å². The number of hydrogen-bond acceptors (Lipinski definition) is 17. The van der Waals surface area contributed by atoms with Crippen molar-refractivity contribution < 1.29 is 79.5 Å². The zero-order chi connectivity index (χ0) is 32.0. The van der Waals surface area contributed by atoms with E-state index < -0.39 is 109 Å². The van der Waals surface area contributed by atoms with Gasteiger partial charge in [0.15, 0.2) is 16.9 Å². The second kappa shape index (κ2) is 12.3. The normalized spacial score (nSPS) is 32.5. The highest BCUT2D eigenvalue weighted by Crippen LogP contribution is 2.44. The van der Waals surface area contributed by atoms with Crippen molar-refractivity contribution in [2.45, 2.75) is 61.4 Å². The van der Waals surface area contributed by atoms with Gasteiger partial charge in [-0.25, -0.2) is 0 Å². The van der Waals surface area contributed by atoms with Gasteiger partial charge in [-0.15, -0.1) is 0 Å². The molecule has 1 aromatic heterocycles. The molecular weight excluding hydrogens is 596 g/mol. The van der Waals surface area contributed by atoms with Gasteiger partial charge in [0.25, 0.3) is 0 Å². The van der Waals surface area contributed by atoms with Crippen LogP contribution >= 0.6 is 0 Å². The van der Waals surface area contributed by atoms with Crippen LogP contribution < -0.4 is 14.9 Å². The molecule has 17 heteroatoms. The zero-order valence-electron chi connectivity index (χ0n) is 22.4. The third kappa shape index (κ3) is 5.73. The van der Waals surface area contributed by atoms with E-state index in [9.17, 15) is 61.0 Å². The van der Waals surface area contributed by atoms with Crippen molar-refractivity contribution in [1.29, 1.82) is 0 Å². The summed E-state index contributed by atoms with van der Waals surface area (Å²) in [5, 5.41) is 111. The molecule has 17 nitrogen and oxygen atoms in total. The SMILES string of the molecule is O=c1cc(-c2cc(O[C@@H]3OC(CO)[C@@H](O)C(O)C3O)c(O)c(O[C@@H]3OC(CO)[C@@H](O)[C@H](O)C3O)c2)oc2cc(O)cc(O)c12. The highest BCUT2D eigenvalue weighted by atomic mass is 16.7. The van der Waals surface area contributed by atoms with Gasteiger partial charge in [-0.2, -0.15) is 0 Å². The van der Waals surface area contributed by atoms with Crippen LogP contribution in [0.2, 0.25) is 0 Å². The molecule has 3 aromatic rings. The number of phenolic OH excluding ortho intramolecular Hbond substituents is 3. The van der Waals surface area contributed by atoms with E-state index in [1.165, 1.54) is 0 Å². The standard InChI is InChI=1S/C27H30O17/c28-6-16-20(34)22(36)24(38)26(43-16)41-14-1-8(12-5-11(32)18-10(31)3-9(30)4-13(18)40-12)2-15(19(14)33)42-27-25(39)23(37)21(35)17(7-29)44-27/h1-5,16-17,20-31,33-39H,6-7H2/t16?,17?,20-,21-,22+,23?,24?,25?,26-,27-/m1/s1. The van der Waals surface area contributed by atoms with E-state index >= 15 is 0 Å². The first-order chi connectivity index (χ1) is 20.8. The van der Waals surface area contributed by atoms with Gasteiger partial charge in [0.1, 0.15) is 77.1 Å². The molecule has 0 radical (unpaired) electrons. The maximum absolute atomic E-state index is 12.9. The van der Waals surface area contributed by atoms with Gasteiger partial charge in [0.05, 0.1) is 13.2 Å². The fraction of sp³-hybridized carbons (Fsp3) is 0.444. The number of benzene rings is 2. The average molecular weight is 627 g/mol. The Hall–Kier alpha value is -3.75. The highest BCUT2D eigenvalue weighted by molar-refractivity contribution is 5.86. The lowest BCUT2D eigenvalue weighted by Crippen LogP contribution is -2.60. The number of aliphatic hydroxyl groups excluding tert-OH is 8. The summed E-state index contributed by atoms with van der Waals surface area (Å²) in [4.78, 5) is 12.9. The molecule has 2 aliphatic heterocycles. The Kier molecular flexibility index (Phi) is 8.87. The lowest BCUT2D eigenvalue weighted by Gasteiger charge is -2.40. The lowest BCUT2D eigenvalue weighted by atomic mass is 9.99. The van der Waals surface area contributed by atoms with E-state index in [0.717, 1.165) is 30.3 Å². The molecule has 44 heavy (non-hydrogen) atoms. The van der Waals surface area contributed by atoms with Crippen LogP contribution in [0.1, 0.15) is 0 Å². The van der Waals surface area contributed by atoms with Gasteiger partial charge in [0.2, 0.25) is 18.3 Å². The minimum atomic E-state index is -1.91. The molecule has 2 aromatic carbocycles. The summed E-state index contributed by atoms with van der Waals surface area (Å²) < 4.78 is 27.5. The fourth-order valence-electron chi connectivity index (χ4n) is 4.88. The topological polar surface area (TPSA) is 290 Å². The van der Waals surface area contributed by atoms with Gasteiger partial charge >= 0.3 is 0 Å². The number of phenols is 3. The lowest BCUT2D eigenvalue weighted by molar-refractivity contribution is -0.279. The maximum Gasteiger partial charge on any atom is 0.229 e. The predicted molar refractivity (Wildman–Crippen MR) is 142 cm³/mol. The molecule has 10 atom stereocenters. The monoisotopic (exact) mass is 626 g/mol. The molecule has 11 N–H and O–H groups in total. The van der Waals surface area contributed by atoms with E-state index in [1.54, 1.807) is 0 Å². The van der Waals surface area contributed by atoms with Crippen molar-refractivity contribution in [2.24, 2.45) is 0 Å². The van der Waals surface area contributed by atoms with Gasteiger partial charge in [-0.05, 0) is 12.1 Å². The summed E-state index contributed by atoms with van der Waals surface area (Å²) in [6.07, 6.45) is -17.3. The van der Waals surface area contributed by atoms with Gasteiger partial charge in [-0.3, -0.25) is 4.79 Å². The molecule has 2 aliphatic rings. The summed E-state index contributed by atoms with van der Waals surface area (Å²) in [7, 11) is 0. The number of ether oxygens (including phenoxy) is 4. The molecule has 3 heterocycles. The smallest absolute Gasteiger partial charge is 0.229 e. The first kappa shape index (κ1) is 31.7. The number of hydrogen-bond donors (Lipinski definition) is 11. The minimum absolute atomic E-state index is 0.0937. The van der Waals surface area contributed by atoms with E-state index in [2.05, 4.69) is 0 Å². The van der Waals surface area contributed by atoms with Crippen LogP contribution in [0.5, 0.6) is 28.7 Å². The van der Waals surface area contributed by atoms with Crippen LogP contribution in [0.25, 0.3) is 22.3 Å². The number of rotatable bonds is 7. The molecule has 5 rings (SSSR count). The predicted octanol–water partition coefficient (Wildman–Crippen LogP) is -3.07. The van der Waals surface area contributed by atoms with Crippen LogP contribution in [0.15, 0.2) is 39.5 Å². The minimum Gasteiger partial charge on any atom is -0.508 e. The first-order valence-corrected chi connectivity index (χ1v) is 13.2. The fourth-order valence-corrected chi connectivity index (χ4v) is 4.88. The molecule has 5 unspecified atom stereocenters. The Morgan fingerprint density at radius 2 is 1.16 bits per heavy atom. The first-order valence-electron chi connectivity index (χ1n) is 13.2. The third-order valence-corrected chi connectivity index (χ3v) is 7.30. The van der Waals surface area contributed by atoms with Crippen LogP contribution in [0.4, 0.5) is 0 Å². The van der Waals surface area contributed by atoms with Crippen molar-refractivity contribution in [2.75, 3.05) is 13.2 Å². The summed E-state index contributed by atoms with van der Waals surface area (Å²) in [5.74, 6) is -3.21. The van der Waals surface area contributed by atoms with Crippen molar-refractivity contribution in [3.05, 3.63) is 40.6 Å². The quantitative estimate of drug-likeness (QED) is 0.124. The van der Waals surface area contributed by atoms with Gasteiger partial charge < -0.3 is 79.5 Å². The number of aromatic hydroxyl groups is 3. The largest absolute Gasteiger partial charge is 0.508 e. The van der Waals surface area contributed by atoms with E-state index in [0.29, 0.717) is 0 Å². The second-order valence-corrected chi connectivity index (χ2v) is 10.3. The Labute approximate surface area is 246 Å². The zero-order valence-corrected chi connectivity index (χ0v) is 22.4. The molecule has 0 saturated carbocycles. The van der Waals surface area contributed by atoms with Crippen LogP contribution in [-0.2, 0) is 9.47 Å². The summed E-state index contributed by atoms with van der Waals surface area (Å²) in [5.41, 5.74) is -1.09. The Morgan fingerprint density at radius 3 is 1.64 bits per heavy atom. The summed E-state index contributed by atoms with van der Waals surface area (Å²) >= 11 is 0. The van der Waals surface area contributed by atoms with E-state index in [-0.39, 0.29) is 22.3 Å². The molecule has 0 bridgehead atoms. The van der Waals surface area contributed by atoms with Crippen molar-refractivity contribution in [3.63, 3.8) is 0 Å². The molecule has 0 aliphatic carbocycles. The summed E-state index contributed by atoms with van der Waals surface area (Å²) in [6, 6.07) is 5.07. The average Bonchev–Trinajstić information content (AvgIpc) is 2.98. The Bertz CT molecular complexity index is 1490. The second-order valence-electron chi connectivity index (χ2n) is 10.3. The molecule has 0 amide bonds. The maximum atomic E-state index is 12.9. The van der Waals surface area contributed by atoms with E-state index in [1.807, 2.05) is 0 Å². The molecule has 2 fully saturated rings. The van der Waals surface area contributed by atoms with Crippen molar-refractivity contribution in [1.82, 2.24) is 0 Å². The van der Waals surface area contributed by atoms with Crippen molar-refractivity contribution >= 4 is 11.0 Å². The number of fused-ring (bicyclic) bond motifs is 1. The third-order valence-electron chi connectivity index (χ3n) is 7.30. The molecular formula is C27H30O17. The van der Waals surface area contributed by atoms with Gasteiger partial charge in [-0.1, -0.05) is 0 Å². The van der Waals surface area contributed by atoms with E-state index in [4.69, 9.17) is 23.4 Å². The number of aliphatic hydroxyl groups is 8. The van der Waals surface area contributed by atoms with Crippen LogP contribution in [0.3, 0.4) is 0 Å². The molecule has 0 spiro atoms. The molecule has 240 valence electrons. The van der Waals surface area contributed by atoms with Crippen LogP contribution in [-0.4, -0.2) is 131 Å². The highest BCUT2D eigenvalue weighted by Gasteiger charge is 2.46.